The number of fused-ring (bicyclic) bond motifs is 1. The zero-order valence-corrected chi connectivity index (χ0v) is 16.1. The van der Waals surface area contributed by atoms with E-state index in [0.29, 0.717) is 0 Å². The first-order valence-corrected chi connectivity index (χ1v) is 10.1. The van der Waals surface area contributed by atoms with Crippen LogP contribution < -0.4 is 10.3 Å². The van der Waals surface area contributed by atoms with Crippen LogP contribution in [0.15, 0.2) is 82.9 Å². The van der Waals surface area contributed by atoms with Crippen LogP contribution in [0.4, 0.5) is 0 Å². The number of nitrogens with one attached hydrogen (secondary N) is 1. The van der Waals surface area contributed by atoms with E-state index in [1.54, 1.807) is 29.1 Å². The Kier molecular flexibility index (Phi) is 4.51. The lowest BCUT2D eigenvalue weighted by atomic mass is 10.1. The molecule has 4 aromatic rings. The normalized spacial score (nSPS) is 11.5. The first kappa shape index (κ1) is 18.6. The van der Waals surface area contributed by atoms with Crippen LogP contribution in [0.5, 0.6) is 0 Å². The molecule has 0 bridgehead atoms. The van der Waals surface area contributed by atoms with Crippen LogP contribution in [0.25, 0.3) is 16.5 Å². The molecule has 0 aliphatic rings. The summed E-state index contributed by atoms with van der Waals surface area (Å²) in [4.78, 5) is 24.2. The number of benzene rings is 2. The maximum Gasteiger partial charge on any atom is 0.270 e. The van der Waals surface area contributed by atoms with Crippen LogP contribution >= 0.6 is 0 Å². The molecule has 8 nitrogen and oxygen atoms in total. The maximum atomic E-state index is 12.6. The van der Waals surface area contributed by atoms with Gasteiger partial charge < -0.3 is 4.57 Å². The number of carbonyl (C=O) groups is 1. The number of carbonyl (C=O) groups excluding carboxylic acids is 1. The molecule has 0 fully saturated rings. The van der Waals surface area contributed by atoms with Gasteiger partial charge in [0.05, 0.1) is 5.69 Å². The van der Waals surface area contributed by atoms with Crippen molar-refractivity contribution in [2.75, 3.05) is 0 Å². The van der Waals surface area contributed by atoms with Crippen molar-refractivity contribution < 1.29 is 13.2 Å². The van der Waals surface area contributed by atoms with Gasteiger partial charge in [-0.05, 0) is 41.8 Å². The predicted octanol–water partition coefficient (Wildman–Crippen LogP) is 1.84. The standard InChI is InChI=1S/C20H16N4O4S/c1-23-11-3-7-18(20(23)26)29(27,28)22-19(25)15-8-9-16-14(13-15)5-2-6-17(16)24-12-4-10-21-24/h2-13H,1H3,(H,22,25). The third-order valence-corrected chi connectivity index (χ3v) is 5.82. The fourth-order valence-electron chi connectivity index (χ4n) is 3.03. The summed E-state index contributed by atoms with van der Waals surface area (Å²) >= 11 is 0. The number of aryl methyl sites for hydroxylation is 1. The lowest BCUT2D eigenvalue weighted by molar-refractivity contribution is 0.0981. The van der Waals surface area contributed by atoms with Gasteiger partial charge in [-0.3, -0.25) is 9.59 Å². The van der Waals surface area contributed by atoms with Crippen LogP contribution in [0, 0.1) is 0 Å². The predicted molar refractivity (Wildman–Crippen MR) is 107 cm³/mol. The maximum absolute atomic E-state index is 12.6. The minimum absolute atomic E-state index is 0.159. The average Bonchev–Trinajstić information content (AvgIpc) is 3.23. The number of amides is 1. The molecular formula is C20H16N4O4S. The number of rotatable bonds is 4. The van der Waals surface area contributed by atoms with Gasteiger partial charge in [0.1, 0.15) is 0 Å². The molecule has 0 atom stereocenters. The second-order valence-corrected chi connectivity index (χ2v) is 8.04. The monoisotopic (exact) mass is 408 g/mol. The van der Waals surface area contributed by atoms with Crippen LogP contribution in [0.2, 0.25) is 0 Å². The Bertz CT molecular complexity index is 1390. The van der Waals surface area contributed by atoms with Crippen LogP contribution in [0.3, 0.4) is 0 Å². The third-order valence-electron chi connectivity index (χ3n) is 4.48. The van der Waals surface area contributed by atoms with E-state index in [4.69, 9.17) is 0 Å². The quantitative estimate of drug-likeness (QED) is 0.555. The average molecular weight is 408 g/mol. The Labute approximate surface area is 166 Å². The first-order chi connectivity index (χ1) is 13.9. The summed E-state index contributed by atoms with van der Waals surface area (Å²) in [5.74, 6) is -0.817. The molecule has 0 saturated carbocycles. The molecule has 2 heterocycles. The van der Waals surface area contributed by atoms with Crippen molar-refractivity contribution in [3.05, 3.63) is 89.1 Å². The van der Waals surface area contributed by atoms with E-state index in [1.807, 2.05) is 29.1 Å². The molecule has 0 spiro atoms. The topological polar surface area (TPSA) is 103 Å². The number of hydrogen-bond donors (Lipinski definition) is 1. The number of pyridine rings is 1. The lowest BCUT2D eigenvalue weighted by Gasteiger charge is -2.10. The minimum atomic E-state index is -4.30. The van der Waals surface area contributed by atoms with Crippen LogP contribution in [-0.2, 0) is 17.1 Å². The number of nitrogens with zero attached hydrogens (tertiary/aromatic N) is 3. The zero-order chi connectivity index (χ0) is 20.6. The van der Waals surface area contributed by atoms with Gasteiger partial charge in [0.15, 0.2) is 4.90 Å². The van der Waals surface area contributed by atoms with Gasteiger partial charge in [0, 0.05) is 36.6 Å². The Morgan fingerprint density at radius 1 is 1.03 bits per heavy atom. The summed E-state index contributed by atoms with van der Waals surface area (Å²) in [5.41, 5.74) is 0.279. The molecule has 1 N–H and O–H groups in total. The van der Waals surface area contributed by atoms with Crippen molar-refractivity contribution in [2.45, 2.75) is 4.90 Å². The van der Waals surface area contributed by atoms with Crippen molar-refractivity contribution in [1.29, 1.82) is 0 Å². The van der Waals surface area contributed by atoms with E-state index in [0.717, 1.165) is 27.1 Å². The van der Waals surface area contributed by atoms with Crippen molar-refractivity contribution in [2.24, 2.45) is 7.05 Å². The molecule has 29 heavy (non-hydrogen) atoms. The van der Waals surface area contributed by atoms with Gasteiger partial charge in [-0.2, -0.15) is 5.10 Å². The molecule has 2 aromatic carbocycles. The summed E-state index contributed by atoms with van der Waals surface area (Å²) in [6.45, 7) is 0. The van der Waals surface area contributed by atoms with E-state index >= 15 is 0 Å². The SMILES string of the molecule is Cn1cccc(S(=O)(=O)NC(=O)c2ccc3c(-n4cccn4)cccc3c2)c1=O. The zero-order valence-electron chi connectivity index (χ0n) is 15.3. The summed E-state index contributed by atoms with van der Waals surface area (Å²) in [7, 11) is -2.87. The smallest absolute Gasteiger partial charge is 0.270 e. The first-order valence-electron chi connectivity index (χ1n) is 8.62. The molecule has 0 unspecified atom stereocenters. The van der Waals surface area contributed by atoms with Crippen molar-refractivity contribution >= 4 is 26.7 Å². The Morgan fingerprint density at radius 3 is 2.62 bits per heavy atom. The fourth-order valence-corrected chi connectivity index (χ4v) is 4.14. The Hall–Kier alpha value is -3.72. The number of aromatic nitrogens is 3. The third kappa shape index (κ3) is 3.43. The molecule has 0 aliphatic carbocycles. The van der Waals surface area contributed by atoms with Gasteiger partial charge in [0.2, 0.25) is 0 Å². The molecule has 2 aromatic heterocycles. The molecule has 0 radical (unpaired) electrons. The van der Waals surface area contributed by atoms with Crippen molar-refractivity contribution in [3.63, 3.8) is 0 Å². The molecule has 0 saturated heterocycles. The van der Waals surface area contributed by atoms with Gasteiger partial charge >= 0.3 is 0 Å². The minimum Gasteiger partial charge on any atom is -0.317 e. The summed E-state index contributed by atoms with van der Waals surface area (Å²) in [6.07, 6.45) is 4.91. The highest BCUT2D eigenvalue weighted by Crippen LogP contribution is 2.23. The van der Waals surface area contributed by atoms with Gasteiger partial charge in [-0.25, -0.2) is 17.8 Å². The molecule has 4 rings (SSSR count). The van der Waals surface area contributed by atoms with E-state index in [1.165, 1.54) is 25.4 Å². The molecule has 0 aliphatic heterocycles. The largest absolute Gasteiger partial charge is 0.317 e. The van der Waals surface area contributed by atoms with Crippen LogP contribution in [0.1, 0.15) is 10.4 Å². The highest BCUT2D eigenvalue weighted by Gasteiger charge is 2.22. The molecular weight excluding hydrogens is 392 g/mol. The van der Waals surface area contributed by atoms with Gasteiger partial charge in [-0.15, -0.1) is 0 Å². The van der Waals surface area contributed by atoms with E-state index < -0.39 is 26.4 Å². The summed E-state index contributed by atoms with van der Waals surface area (Å²) in [5, 5.41) is 5.82. The molecule has 1 amide bonds. The van der Waals surface area contributed by atoms with Gasteiger partial charge in [-0.1, -0.05) is 18.2 Å². The Balaban J connectivity index is 1.69. The second-order valence-electron chi connectivity index (χ2n) is 6.39. The number of hydrogen-bond acceptors (Lipinski definition) is 5. The van der Waals surface area contributed by atoms with Crippen LogP contribution in [-0.4, -0.2) is 28.7 Å². The van der Waals surface area contributed by atoms with E-state index in [9.17, 15) is 18.0 Å². The van der Waals surface area contributed by atoms with Gasteiger partial charge in [0.25, 0.3) is 21.5 Å². The summed E-state index contributed by atoms with van der Waals surface area (Å²) in [6, 6.07) is 14.8. The highest BCUT2D eigenvalue weighted by atomic mass is 32.2. The Morgan fingerprint density at radius 2 is 1.86 bits per heavy atom. The van der Waals surface area contributed by atoms with E-state index in [-0.39, 0.29) is 5.56 Å². The number of sulfonamides is 1. The summed E-state index contributed by atoms with van der Waals surface area (Å²) < 4.78 is 29.8. The lowest BCUT2D eigenvalue weighted by Crippen LogP contribution is -2.35. The second kappa shape index (κ2) is 7.02. The van der Waals surface area contributed by atoms with E-state index in [2.05, 4.69) is 5.10 Å². The molecule has 146 valence electrons. The highest BCUT2D eigenvalue weighted by molar-refractivity contribution is 7.90. The van der Waals surface area contributed by atoms with Crippen molar-refractivity contribution in [3.8, 4) is 5.69 Å². The fraction of sp³-hybridized carbons (Fsp3) is 0.0500. The van der Waals surface area contributed by atoms with Crippen molar-refractivity contribution in [1.82, 2.24) is 19.1 Å². The molecule has 9 heteroatoms.